The van der Waals surface area contributed by atoms with E-state index in [9.17, 15) is 4.79 Å². The third-order valence-electron chi connectivity index (χ3n) is 2.80. The van der Waals surface area contributed by atoms with Crippen molar-refractivity contribution in [3.05, 3.63) is 35.5 Å². The van der Waals surface area contributed by atoms with Gasteiger partial charge in [0.1, 0.15) is 11.6 Å². The molecule has 2 heterocycles. The van der Waals surface area contributed by atoms with Gasteiger partial charge in [-0.2, -0.15) is 0 Å². The monoisotopic (exact) mass is 260 g/mol. The van der Waals surface area contributed by atoms with Crippen molar-refractivity contribution in [1.82, 2.24) is 14.5 Å². The van der Waals surface area contributed by atoms with Crippen LogP contribution in [0.25, 0.3) is 5.69 Å². The van der Waals surface area contributed by atoms with Crippen LogP contribution in [-0.4, -0.2) is 27.1 Å². The molecule has 0 radical (unpaired) electrons. The summed E-state index contributed by atoms with van der Waals surface area (Å²) in [5.74, 6) is 0.382. The van der Waals surface area contributed by atoms with Gasteiger partial charge in [-0.25, -0.2) is 9.78 Å². The average Bonchev–Trinajstić information content (AvgIpc) is 2.66. The summed E-state index contributed by atoms with van der Waals surface area (Å²) >= 11 is 0. The maximum atomic E-state index is 11.8. The molecule has 0 amide bonds. The Kier molecular flexibility index (Phi) is 3.50. The van der Waals surface area contributed by atoms with Gasteiger partial charge in [0.05, 0.1) is 18.5 Å². The van der Waals surface area contributed by atoms with E-state index < -0.39 is 5.97 Å². The second kappa shape index (κ2) is 5.09. The minimum atomic E-state index is -0.511. The standard InChI is InChI=1S/C13H16N4O2/c1-4-19-13(18)11-12(14)17(9(3)16-11)10-7-15-6-5-8(10)2/h5-7H,4,14H2,1-3H3. The van der Waals surface area contributed by atoms with Crippen LogP contribution in [0.15, 0.2) is 18.5 Å². The van der Waals surface area contributed by atoms with Crippen LogP contribution in [0.1, 0.15) is 28.8 Å². The molecule has 0 bridgehead atoms. The Morgan fingerprint density at radius 2 is 2.21 bits per heavy atom. The van der Waals surface area contributed by atoms with Gasteiger partial charge in [0, 0.05) is 6.20 Å². The number of nitrogen functional groups attached to an aromatic ring is 1. The smallest absolute Gasteiger partial charge is 0.360 e. The zero-order chi connectivity index (χ0) is 14.0. The van der Waals surface area contributed by atoms with Crippen LogP contribution in [-0.2, 0) is 4.74 Å². The molecule has 0 fully saturated rings. The molecule has 0 aliphatic heterocycles. The Morgan fingerprint density at radius 3 is 2.84 bits per heavy atom. The fourth-order valence-corrected chi connectivity index (χ4v) is 1.89. The van der Waals surface area contributed by atoms with Gasteiger partial charge in [-0.05, 0) is 32.4 Å². The first kappa shape index (κ1) is 13.1. The molecular formula is C13H16N4O2. The number of rotatable bonds is 3. The maximum Gasteiger partial charge on any atom is 0.360 e. The van der Waals surface area contributed by atoms with Crippen LogP contribution >= 0.6 is 0 Å². The Morgan fingerprint density at radius 1 is 1.47 bits per heavy atom. The van der Waals surface area contributed by atoms with Crippen molar-refractivity contribution in [2.45, 2.75) is 20.8 Å². The van der Waals surface area contributed by atoms with Gasteiger partial charge in [-0.1, -0.05) is 0 Å². The second-order valence-electron chi connectivity index (χ2n) is 4.11. The molecule has 0 saturated heterocycles. The molecule has 2 rings (SSSR count). The fourth-order valence-electron chi connectivity index (χ4n) is 1.89. The molecule has 19 heavy (non-hydrogen) atoms. The summed E-state index contributed by atoms with van der Waals surface area (Å²) in [6.45, 7) is 5.75. The lowest BCUT2D eigenvalue weighted by Crippen LogP contribution is -2.10. The number of carbonyl (C=O) groups is 1. The lowest BCUT2D eigenvalue weighted by molar-refractivity contribution is 0.0521. The number of aromatic nitrogens is 3. The summed E-state index contributed by atoms with van der Waals surface area (Å²) in [6, 6.07) is 1.87. The van der Waals surface area contributed by atoms with E-state index >= 15 is 0 Å². The van der Waals surface area contributed by atoms with E-state index in [1.54, 1.807) is 30.8 Å². The third-order valence-corrected chi connectivity index (χ3v) is 2.80. The molecule has 0 saturated carbocycles. The first-order valence-electron chi connectivity index (χ1n) is 5.99. The predicted octanol–water partition coefficient (Wildman–Crippen LogP) is 1.64. The molecule has 6 nitrogen and oxygen atoms in total. The lowest BCUT2D eigenvalue weighted by Gasteiger charge is -2.09. The SMILES string of the molecule is CCOC(=O)c1nc(C)n(-c2cnccc2C)c1N. The minimum absolute atomic E-state index is 0.141. The molecule has 0 aromatic carbocycles. The number of hydrogen-bond donors (Lipinski definition) is 1. The molecule has 100 valence electrons. The van der Waals surface area contributed by atoms with Gasteiger partial charge >= 0.3 is 5.97 Å². The zero-order valence-electron chi connectivity index (χ0n) is 11.2. The Bertz CT molecular complexity index is 619. The summed E-state index contributed by atoms with van der Waals surface area (Å²) in [6.07, 6.45) is 3.39. The summed E-state index contributed by atoms with van der Waals surface area (Å²) in [5, 5.41) is 0. The lowest BCUT2D eigenvalue weighted by atomic mass is 10.2. The topological polar surface area (TPSA) is 83.0 Å². The number of pyridine rings is 1. The van der Waals surface area contributed by atoms with Crippen molar-refractivity contribution in [3.8, 4) is 5.69 Å². The summed E-state index contributed by atoms with van der Waals surface area (Å²) in [4.78, 5) is 20.0. The van der Waals surface area contributed by atoms with Gasteiger partial charge < -0.3 is 10.5 Å². The van der Waals surface area contributed by atoms with Crippen molar-refractivity contribution in [1.29, 1.82) is 0 Å². The Balaban J connectivity index is 2.54. The number of anilines is 1. The largest absolute Gasteiger partial charge is 0.461 e. The molecule has 2 N–H and O–H groups in total. The highest BCUT2D eigenvalue weighted by Gasteiger charge is 2.21. The van der Waals surface area contributed by atoms with Crippen molar-refractivity contribution in [2.24, 2.45) is 0 Å². The molecule has 0 atom stereocenters. The van der Waals surface area contributed by atoms with Crippen LogP contribution in [0.5, 0.6) is 0 Å². The third kappa shape index (κ3) is 2.29. The van der Waals surface area contributed by atoms with Gasteiger partial charge in [0.25, 0.3) is 0 Å². The molecule has 2 aromatic heterocycles. The summed E-state index contributed by atoms with van der Waals surface area (Å²) in [7, 11) is 0. The predicted molar refractivity (Wildman–Crippen MR) is 71.2 cm³/mol. The van der Waals surface area contributed by atoms with Gasteiger partial charge in [-0.15, -0.1) is 0 Å². The van der Waals surface area contributed by atoms with Gasteiger partial charge in [-0.3, -0.25) is 9.55 Å². The van der Waals surface area contributed by atoms with Crippen LogP contribution in [0.2, 0.25) is 0 Å². The molecule has 2 aromatic rings. The van der Waals surface area contributed by atoms with Gasteiger partial charge in [0.15, 0.2) is 5.69 Å². The zero-order valence-corrected chi connectivity index (χ0v) is 11.2. The minimum Gasteiger partial charge on any atom is -0.461 e. The van der Waals surface area contributed by atoms with Crippen LogP contribution in [0.3, 0.4) is 0 Å². The number of imidazole rings is 1. The number of nitrogens with two attached hydrogens (primary N) is 1. The summed E-state index contributed by atoms with van der Waals surface area (Å²) in [5.41, 5.74) is 7.95. The quantitative estimate of drug-likeness (QED) is 0.848. The number of esters is 1. The van der Waals surface area contributed by atoms with E-state index in [2.05, 4.69) is 9.97 Å². The van der Waals surface area contributed by atoms with Crippen LogP contribution in [0, 0.1) is 13.8 Å². The van der Waals surface area contributed by atoms with E-state index in [0.717, 1.165) is 11.3 Å². The number of hydrogen-bond acceptors (Lipinski definition) is 5. The molecule has 6 heteroatoms. The van der Waals surface area contributed by atoms with Gasteiger partial charge in [0.2, 0.25) is 0 Å². The van der Waals surface area contributed by atoms with Crippen LogP contribution in [0.4, 0.5) is 5.82 Å². The maximum absolute atomic E-state index is 11.8. The number of nitrogens with zero attached hydrogens (tertiary/aromatic N) is 3. The van der Waals surface area contributed by atoms with E-state index in [0.29, 0.717) is 5.82 Å². The highest BCUT2D eigenvalue weighted by atomic mass is 16.5. The first-order chi connectivity index (χ1) is 9.06. The average molecular weight is 260 g/mol. The van der Waals surface area contributed by atoms with E-state index in [4.69, 9.17) is 10.5 Å². The van der Waals surface area contributed by atoms with Crippen LogP contribution < -0.4 is 5.73 Å². The second-order valence-corrected chi connectivity index (χ2v) is 4.11. The molecule has 0 aliphatic carbocycles. The Hall–Kier alpha value is -2.37. The molecule has 0 spiro atoms. The van der Waals surface area contributed by atoms with Crippen molar-refractivity contribution >= 4 is 11.8 Å². The highest BCUT2D eigenvalue weighted by molar-refractivity contribution is 5.92. The Labute approximate surface area is 111 Å². The molecule has 0 aliphatic rings. The van der Waals surface area contributed by atoms with Crippen molar-refractivity contribution in [3.63, 3.8) is 0 Å². The highest BCUT2D eigenvalue weighted by Crippen LogP contribution is 2.22. The number of carbonyl (C=O) groups excluding carboxylic acids is 1. The normalized spacial score (nSPS) is 10.5. The van der Waals surface area contributed by atoms with Crippen molar-refractivity contribution in [2.75, 3.05) is 12.3 Å². The van der Waals surface area contributed by atoms with E-state index in [-0.39, 0.29) is 18.1 Å². The summed E-state index contributed by atoms with van der Waals surface area (Å²) < 4.78 is 6.64. The molecule has 0 unspecified atom stereocenters. The fraction of sp³-hybridized carbons (Fsp3) is 0.308. The number of ether oxygens (including phenoxy) is 1. The number of aryl methyl sites for hydroxylation is 2. The van der Waals surface area contributed by atoms with Crippen molar-refractivity contribution < 1.29 is 9.53 Å². The first-order valence-corrected chi connectivity index (χ1v) is 5.99. The van der Waals surface area contributed by atoms with E-state index in [1.807, 2.05) is 13.0 Å². The van der Waals surface area contributed by atoms with E-state index in [1.165, 1.54) is 0 Å². The molecular weight excluding hydrogens is 244 g/mol.